The molecule has 2 amide bonds. The second-order valence-corrected chi connectivity index (χ2v) is 5.80. The predicted molar refractivity (Wildman–Crippen MR) is 82.1 cm³/mol. The summed E-state index contributed by atoms with van der Waals surface area (Å²) >= 11 is 1.44. The van der Waals surface area contributed by atoms with Crippen LogP contribution in [-0.4, -0.2) is 29.3 Å². The fraction of sp³-hybridized carbons (Fsp3) is 0.357. The lowest BCUT2D eigenvalue weighted by Gasteiger charge is -2.08. The maximum absolute atomic E-state index is 11.7. The molecule has 2 N–H and O–H groups in total. The van der Waals surface area contributed by atoms with Gasteiger partial charge in [0.05, 0.1) is 6.54 Å². The number of nitrogens with one attached hydrogen (secondary N) is 2. The third-order valence-corrected chi connectivity index (χ3v) is 3.74. The van der Waals surface area contributed by atoms with Crippen molar-refractivity contribution < 1.29 is 9.59 Å². The Morgan fingerprint density at radius 2 is 1.80 bits per heavy atom. The molecular weight excluding hydrogens is 274 g/mol. The van der Waals surface area contributed by atoms with Gasteiger partial charge in [-0.3, -0.25) is 19.9 Å². The number of nitrogens with zero attached hydrogens (tertiary/aromatic N) is 1. The van der Waals surface area contributed by atoms with Crippen molar-refractivity contribution in [1.82, 2.24) is 5.32 Å². The van der Waals surface area contributed by atoms with E-state index in [0.29, 0.717) is 23.3 Å². The van der Waals surface area contributed by atoms with Crippen LogP contribution >= 0.6 is 11.8 Å². The maximum atomic E-state index is 11.7. The fourth-order valence-electron chi connectivity index (χ4n) is 1.70. The minimum atomic E-state index is -0.689. The first kappa shape index (κ1) is 14.6. The summed E-state index contributed by atoms with van der Waals surface area (Å²) in [6, 6.07) is 7.47. The van der Waals surface area contributed by atoms with Crippen molar-refractivity contribution in [2.24, 2.45) is 4.99 Å². The lowest BCUT2D eigenvalue weighted by Crippen LogP contribution is -2.37. The van der Waals surface area contributed by atoms with Gasteiger partial charge in [0.1, 0.15) is 0 Å². The average molecular weight is 291 g/mol. The van der Waals surface area contributed by atoms with Crippen molar-refractivity contribution in [2.75, 3.05) is 17.6 Å². The second kappa shape index (κ2) is 6.56. The van der Waals surface area contributed by atoms with E-state index in [4.69, 9.17) is 0 Å². The number of benzene rings is 1. The summed E-state index contributed by atoms with van der Waals surface area (Å²) in [6.45, 7) is 4.88. The van der Waals surface area contributed by atoms with Gasteiger partial charge in [0.25, 0.3) is 0 Å². The highest BCUT2D eigenvalue weighted by Gasteiger charge is 2.17. The molecule has 0 aromatic heterocycles. The summed E-state index contributed by atoms with van der Waals surface area (Å²) < 4.78 is 0. The summed E-state index contributed by atoms with van der Waals surface area (Å²) in [4.78, 5) is 27.5. The third kappa shape index (κ3) is 3.84. The Labute approximate surface area is 122 Å². The third-order valence-electron chi connectivity index (χ3n) is 2.85. The summed E-state index contributed by atoms with van der Waals surface area (Å²) in [5.74, 6) is -0.0995. The van der Waals surface area contributed by atoms with Gasteiger partial charge in [-0.2, -0.15) is 0 Å². The minimum absolute atomic E-state index is 0.431. The first-order valence-electron chi connectivity index (χ1n) is 6.46. The summed E-state index contributed by atoms with van der Waals surface area (Å²) in [5.41, 5.74) is 1.79. The van der Waals surface area contributed by atoms with Crippen molar-refractivity contribution in [1.29, 1.82) is 0 Å². The maximum Gasteiger partial charge on any atom is 0.315 e. The molecule has 2 rings (SSSR count). The van der Waals surface area contributed by atoms with E-state index in [2.05, 4.69) is 29.5 Å². The number of thioether (sulfide) groups is 1. The normalized spacial score (nSPS) is 14.1. The smallest absolute Gasteiger partial charge is 0.315 e. The van der Waals surface area contributed by atoms with Crippen molar-refractivity contribution >= 4 is 34.4 Å². The van der Waals surface area contributed by atoms with E-state index in [1.807, 2.05) is 12.1 Å². The molecule has 1 aliphatic rings. The number of rotatable bonds is 2. The molecule has 106 valence electrons. The molecule has 5 nitrogen and oxygen atoms in total. The van der Waals surface area contributed by atoms with Gasteiger partial charge in [-0.05, 0) is 23.6 Å². The largest absolute Gasteiger partial charge is 0.318 e. The number of amides is 2. The Balaban J connectivity index is 1.91. The zero-order chi connectivity index (χ0) is 14.5. The van der Waals surface area contributed by atoms with Gasteiger partial charge in [-0.25, -0.2) is 0 Å². The molecule has 20 heavy (non-hydrogen) atoms. The van der Waals surface area contributed by atoms with Crippen molar-refractivity contribution in [3.63, 3.8) is 0 Å². The molecule has 1 aromatic carbocycles. The summed E-state index contributed by atoms with van der Waals surface area (Å²) in [5, 5.41) is 5.57. The monoisotopic (exact) mass is 291 g/mol. The van der Waals surface area contributed by atoms with Crippen LogP contribution in [-0.2, 0) is 9.59 Å². The van der Waals surface area contributed by atoms with Gasteiger partial charge in [0.2, 0.25) is 0 Å². The first-order chi connectivity index (χ1) is 9.56. The highest BCUT2D eigenvalue weighted by Crippen LogP contribution is 2.17. The van der Waals surface area contributed by atoms with E-state index in [0.717, 1.165) is 5.75 Å². The van der Waals surface area contributed by atoms with Gasteiger partial charge < -0.3 is 5.32 Å². The van der Waals surface area contributed by atoms with Crippen molar-refractivity contribution in [3.8, 4) is 0 Å². The van der Waals surface area contributed by atoms with E-state index in [1.165, 1.54) is 17.3 Å². The molecule has 1 aliphatic heterocycles. The van der Waals surface area contributed by atoms with Crippen LogP contribution < -0.4 is 10.6 Å². The van der Waals surface area contributed by atoms with E-state index in [1.54, 1.807) is 12.1 Å². The molecule has 0 aliphatic carbocycles. The Kier molecular flexibility index (Phi) is 4.79. The molecule has 6 heteroatoms. The number of hydrogen-bond donors (Lipinski definition) is 2. The molecule has 0 unspecified atom stereocenters. The van der Waals surface area contributed by atoms with Crippen LogP contribution in [0.25, 0.3) is 0 Å². The molecule has 0 saturated heterocycles. The van der Waals surface area contributed by atoms with Gasteiger partial charge >= 0.3 is 11.8 Å². The first-order valence-corrected chi connectivity index (χ1v) is 7.44. The molecular formula is C14H17N3O2S. The lowest BCUT2D eigenvalue weighted by molar-refractivity contribution is -0.135. The average Bonchev–Trinajstić information content (AvgIpc) is 2.92. The van der Waals surface area contributed by atoms with Crippen molar-refractivity contribution in [3.05, 3.63) is 29.8 Å². The predicted octanol–water partition coefficient (Wildman–Crippen LogP) is 1.97. The SMILES string of the molecule is CC(C)c1ccc(NC(=O)C(=O)NC2=NCCS2)cc1. The van der Waals surface area contributed by atoms with Crippen LogP contribution in [0.2, 0.25) is 0 Å². The van der Waals surface area contributed by atoms with Gasteiger partial charge in [0, 0.05) is 11.4 Å². The molecule has 0 saturated carbocycles. The Morgan fingerprint density at radius 3 is 2.35 bits per heavy atom. The molecule has 0 radical (unpaired) electrons. The van der Waals surface area contributed by atoms with Crippen LogP contribution in [0.15, 0.2) is 29.3 Å². The van der Waals surface area contributed by atoms with Gasteiger partial charge in [-0.15, -0.1) is 0 Å². The minimum Gasteiger partial charge on any atom is -0.318 e. The Hall–Kier alpha value is -1.82. The molecule has 0 spiro atoms. The number of aliphatic imine (C=N–C) groups is 1. The number of hydrogen-bond acceptors (Lipinski definition) is 4. The van der Waals surface area contributed by atoms with Crippen molar-refractivity contribution in [2.45, 2.75) is 19.8 Å². The quantitative estimate of drug-likeness (QED) is 0.818. The summed E-state index contributed by atoms with van der Waals surface area (Å²) in [6.07, 6.45) is 0. The van der Waals surface area contributed by atoms with Crippen LogP contribution in [0, 0.1) is 0 Å². The van der Waals surface area contributed by atoms with E-state index >= 15 is 0 Å². The second-order valence-electron chi connectivity index (χ2n) is 4.72. The topological polar surface area (TPSA) is 70.6 Å². The molecule has 1 aromatic rings. The molecule has 0 fully saturated rings. The van der Waals surface area contributed by atoms with Gasteiger partial charge in [-0.1, -0.05) is 37.7 Å². The number of carbonyl (C=O) groups is 2. The van der Waals surface area contributed by atoms with Crippen LogP contribution in [0.4, 0.5) is 5.69 Å². The Bertz CT molecular complexity index is 538. The van der Waals surface area contributed by atoms with E-state index < -0.39 is 11.8 Å². The number of carbonyl (C=O) groups excluding carboxylic acids is 2. The van der Waals surface area contributed by atoms with Gasteiger partial charge in [0.15, 0.2) is 5.17 Å². The van der Waals surface area contributed by atoms with E-state index in [9.17, 15) is 9.59 Å². The molecule has 1 heterocycles. The van der Waals surface area contributed by atoms with Crippen LogP contribution in [0.5, 0.6) is 0 Å². The summed E-state index contributed by atoms with van der Waals surface area (Å²) in [7, 11) is 0. The fourth-order valence-corrected chi connectivity index (χ4v) is 2.43. The Morgan fingerprint density at radius 1 is 1.15 bits per heavy atom. The number of amidine groups is 1. The zero-order valence-electron chi connectivity index (χ0n) is 11.5. The van der Waals surface area contributed by atoms with Crippen LogP contribution in [0.1, 0.15) is 25.3 Å². The standard InChI is InChI=1S/C14H17N3O2S/c1-9(2)10-3-5-11(6-4-10)16-12(18)13(19)17-14-15-7-8-20-14/h3-6,9H,7-8H2,1-2H3,(H,16,18)(H,15,17,19). The number of anilines is 1. The zero-order valence-corrected chi connectivity index (χ0v) is 12.3. The lowest BCUT2D eigenvalue weighted by atomic mass is 10.0. The van der Waals surface area contributed by atoms with E-state index in [-0.39, 0.29) is 0 Å². The van der Waals surface area contributed by atoms with Crippen LogP contribution in [0.3, 0.4) is 0 Å². The molecule has 0 bridgehead atoms. The molecule has 0 atom stereocenters. The highest BCUT2D eigenvalue weighted by atomic mass is 32.2. The highest BCUT2D eigenvalue weighted by molar-refractivity contribution is 8.14.